The van der Waals surface area contributed by atoms with Crippen LogP contribution in [0, 0.1) is 5.92 Å². The molecule has 6 nitrogen and oxygen atoms in total. The van der Waals surface area contributed by atoms with Crippen LogP contribution in [-0.4, -0.2) is 37.2 Å². The molecule has 0 aliphatic heterocycles. The van der Waals surface area contributed by atoms with Crippen molar-refractivity contribution in [1.82, 2.24) is 0 Å². The summed E-state index contributed by atoms with van der Waals surface area (Å²) in [7, 11) is 0. The van der Waals surface area contributed by atoms with Gasteiger partial charge in [0.25, 0.3) is 0 Å². The fourth-order valence-electron chi connectivity index (χ4n) is 8.54. The molecule has 0 aliphatic rings. The number of unbranched alkanes of at least 4 members (excludes halogenated alkanes) is 37. The average molecular weight is 877 g/mol. The normalized spacial score (nSPS) is 12.4. The zero-order valence-electron chi connectivity index (χ0n) is 42.3. The number of rotatable bonds is 51. The first kappa shape index (κ1) is 60.4. The summed E-state index contributed by atoms with van der Waals surface area (Å²) in [6, 6.07) is 0. The Kier molecular flexibility index (Phi) is 49.1. The zero-order chi connectivity index (χ0) is 45.2. The van der Waals surface area contributed by atoms with Crippen LogP contribution >= 0.6 is 0 Å². The molecule has 0 heterocycles. The number of ether oxygens (including phenoxy) is 3. The van der Waals surface area contributed by atoms with Crippen molar-refractivity contribution >= 4 is 17.9 Å². The predicted octanol–water partition coefficient (Wildman–Crippen LogP) is 18.2. The summed E-state index contributed by atoms with van der Waals surface area (Å²) in [6.45, 7) is 9.07. The Hall–Kier alpha value is -1.59. The van der Waals surface area contributed by atoms with E-state index >= 15 is 0 Å². The highest BCUT2D eigenvalue weighted by Gasteiger charge is 2.19. The molecule has 0 aromatic carbocycles. The smallest absolute Gasteiger partial charge is 0.306 e. The van der Waals surface area contributed by atoms with E-state index in [1.165, 1.54) is 212 Å². The van der Waals surface area contributed by atoms with Gasteiger partial charge < -0.3 is 14.2 Å². The molecule has 0 N–H and O–H groups in total. The molecule has 0 fully saturated rings. The summed E-state index contributed by atoms with van der Waals surface area (Å²) in [4.78, 5) is 38.0. The van der Waals surface area contributed by atoms with E-state index in [0.717, 1.165) is 63.7 Å². The van der Waals surface area contributed by atoms with Gasteiger partial charge in [-0.15, -0.1) is 0 Å². The number of esters is 3. The minimum atomic E-state index is -0.760. The van der Waals surface area contributed by atoms with Crippen LogP contribution < -0.4 is 0 Å². The SMILES string of the molecule is CCCCCCCCCCCCCCCCCCCC(=O)OC[C@H](COC(=O)CCCCCCCCCCCCCCCCC(C)CC)OC(=O)CCCCCCCCCCC. The van der Waals surface area contributed by atoms with Crippen molar-refractivity contribution in [3.8, 4) is 0 Å². The average Bonchev–Trinajstić information content (AvgIpc) is 3.27. The summed E-state index contributed by atoms with van der Waals surface area (Å²) in [6.07, 6.45) is 53.7. The fraction of sp³-hybridized carbons (Fsp3) is 0.946. The maximum atomic E-state index is 12.7. The summed E-state index contributed by atoms with van der Waals surface area (Å²) < 4.78 is 16.8. The third kappa shape index (κ3) is 47.9. The van der Waals surface area contributed by atoms with Crippen molar-refractivity contribution in [3.63, 3.8) is 0 Å². The van der Waals surface area contributed by atoms with Crippen molar-refractivity contribution in [3.05, 3.63) is 0 Å². The van der Waals surface area contributed by atoms with Gasteiger partial charge >= 0.3 is 17.9 Å². The molecule has 0 rings (SSSR count). The molecule has 368 valence electrons. The van der Waals surface area contributed by atoms with Gasteiger partial charge in [-0.05, 0) is 25.2 Å². The van der Waals surface area contributed by atoms with E-state index in [1.807, 2.05) is 0 Å². The van der Waals surface area contributed by atoms with E-state index in [1.54, 1.807) is 0 Å². The molecule has 0 aromatic rings. The standard InChI is InChI=1S/C56H108O6/c1-5-8-10-12-14-16-17-18-19-20-21-25-28-32-35-39-43-47-54(57)60-50-53(62-56(59)49-45-41-37-30-15-13-11-9-6-2)51-61-55(58)48-44-40-36-33-29-26-23-22-24-27-31-34-38-42-46-52(4)7-3/h52-53H,5-51H2,1-4H3/t52?,53-/m1/s1. The van der Waals surface area contributed by atoms with Gasteiger partial charge in [-0.2, -0.15) is 0 Å². The lowest BCUT2D eigenvalue weighted by molar-refractivity contribution is -0.167. The van der Waals surface area contributed by atoms with Crippen molar-refractivity contribution in [2.24, 2.45) is 5.92 Å². The number of hydrogen-bond acceptors (Lipinski definition) is 6. The van der Waals surface area contributed by atoms with Crippen molar-refractivity contribution < 1.29 is 28.6 Å². The molecule has 0 spiro atoms. The Labute approximate surface area is 387 Å². The van der Waals surface area contributed by atoms with Gasteiger partial charge in [0.2, 0.25) is 0 Å². The first-order valence-electron chi connectivity index (χ1n) is 27.9. The molecule has 0 amide bonds. The lowest BCUT2D eigenvalue weighted by Crippen LogP contribution is -2.30. The molecule has 0 radical (unpaired) electrons. The molecular weight excluding hydrogens is 769 g/mol. The van der Waals surface area contributed by atoms with E-state index in [2.05, 4.69) is 27.7 Å². The van der Waals surface area contributed by atoms with E-state index in [9.17, 15) is 14.4 Å². The van der Waals surface area contributed by atoms with Crippen LogP contribution in [0.5, 0.6) is 0 Å². The first-order chi connectivity index (χ1) is 30.4. The van der Waals surface area contributed by atoms with Gasteiger partial charge in [0, 0.05) is 19.3 Å². The highest BCUT2D eigenvalue weighted by Crippen LogP contribution is 2.18. The molecule has 0 aliphatic carbocycles. The number of carbonyl (C=O) groups excluding carboxylic acids is 3. The Morgan fingerprint density at radius 1 is 0.323 bits per heavy atom. The summed E-state index contributed by atoms with van der Waals surface area (Å²) in [5, 5.41) is 0. The van der Waals surface area contributed by atoms with Gasteiger partial charge in [0.1, 0.15) is 13.2 Å². The van der Waals surface area contributed by atoms with Crippen LogP contribution in [0.4, 0.5) is 0 Å². The van der Waals surface area contributed by atoms with Crippen molar-refractivity contribution in [1.29, 1.82) is 0 Å². The maximum absolute atomic E-state index is 12.7. The Morgan fingerprint density at radius 3 is 0.839 bits per heavy atom. The van der Waals surface area contributed by atoms with E-state index in [4.69, 9.17) is 14.2 Å². The minimum absolute atomic E-state index is 0.0624. The van der Waals surface area contributed by atoms with E-state index in [0.29, 0.717) is 19.3 Å². The lowest BCUT2D eigenvalue weighted by Gasteiger charge is -2.18. The largest absolute Gasteiger partial charge is 0.462 e. The number of carbonyl (C=O) groups is 3. The summed E-state index contributed by atoms with van der Waals surface area (Å²) in [5.74, 6) is 0.0540. The Morgan fingerprint density at radius 2 is 0.565 bits per heavy atom. The third-order valence-electron chi connectivity index (χ3n) is 13.2. The van der Waals surface area contributed by atoms with Crippen LogP contribution in [0.25, 0.3) is 0 Å². The Balaban J connectivity index is 4.20. The van der Waals surface area contributed by atoms with Crippen molar-refractivity contribution in [2.75, 3.05) is 13.2 Å². The predicted molar refractivity (Wildman–Crippen MR) is 266 cm³/mol. The second-order valence-electron chi connectivity index (χ2n) is 19.5. The fourth-order valence-corrected chi connectivity index (χ4v) is 8.54. The molecule has 6 heteroatoms. The highest BCUT2D eigenvalue weighted by molar-refractivity contribution is 5.71. The molecule has 0 aromatic heterocycles. The van der Waals surface area contributed by atoms with Crippen LogP contribution in [-0.2, 0) is 28.6 Å². The van der Waals surface area contributed by atoms with Gasteiger partial charge in [0.15, 0.2) is 6.10 Å². The minimum Gasteiger partial charge on any atom is -0.462 e. The molecule has 0 saturated carbocycles. The van der Waals surface area contributed by atoms with Gasteiger partial charge in [0.05, 0.1) is 0 Å². The quantitative estimate of drug-likeness (QED) is 0.0344. The molecular formula is C56H108O6. The molecule has 62 heavy (non-hydrogen) atoms. The molecule has 0 saturated heterocycles. The van der Waals surface area contributed by atoms with Gasteiger partial charge in [-0.3, -0.25) is 14.4 Å². The maximum Gasteiger partial charge on any atom is 0.306 e. The second kappa shape index (κ2) is 50.4. The van der Waals surface area contributed by atoms with E-state index in [-0.39, 0.29) is 31.1 Å². The van der Waals surface area contributed by atoms with E-state index < -0.39 is 6.10 Å². The highest BCUT2D eigenvalue weighted by atomic mass is 16.6. The molecule has 1 unspecified atom stereocenters. The van der Waals surface area contributed by atoms with Crippen LogP contribution in [0.15, 0.2) is 0 Å². The summed E-state index contributed by atoms with van der Waals surface area (Å²) >= 11 is 0. The van der Waals surface area contributed by atoms with Crippen LogP contribution in [0.3, 0.4) is 0 Å². The van der Waals surface area contributed by atoms with Gasteiger partial charge in [-0.1, -0.05) is 278 Å². The van der Waals surface area contributed by atoms with Crippen LogP contribution in [0.2, 0.25) is 0 Å². The second-order valence-corrected chi connectivity index (χ2v) is 19.5. The summed E-state index contributed by atoms with van der Waals surface area (Å²) in [5.41, 5.74) is 0. The zero-order valence-corrected chi connectivity index (χ0v) is 42.3. The third-order valence-corrected chi connectivity index (χ3v) is 13.2. The number of hydrogen-bond donors (Lipinski definition) is 0. The lowest BCUT2D eigenvalue weighted by atomic mass is 9.99. The van der Waals surface area contributed by atoms with Gasteiger partial charge in [-0.25, -0.2) is 0 Å². The van der Waals surface area contributed by atoms with Crippen LogP contribution in [0.1, 0.15) is 317 Å². The first-order valence-corrected chi connectivity index (χ1v) is 27.9. The Bertz CT molecular complexity index is 935. The topological polar surface area (TPSA) is 78.9 Å². The monoisotopic (exact) mass is 877 g/mol. The molecule has 2 atom stereocenters. The van der Waals surface area contributed by atoms with Crippen molar-refractivity contribution in [2.45, 2.75) is 323 Å². The molecule has 0 bridgehead atoms.